The van der Waals surface area contributed by atoms with Crippen LogP contribution >= 0.6 is 0 Å². The van der Waals surface area contributed by atoms with Crippen LogP contribution in [-0.4, -0.2) is 76.9 Å². The Morgan fingerprint density at radius 1 is 0.865 bits per heavy atom. The number of benzene rings is 1. The Hall–Kier alpha value is -1.53. The van der Waals surface area contributed by atoms with Crippen molar-refractivity contribution in [3.8, 4) is 0 Å². The summed E-state index contributed by atoms with van der Waals surface area (Å²) in [6.07, 6.45) is -0.356. The normalized spacial score (nSPS) is 25.9. The molecule has 2 saturated heterocycles. The Labute approximate surface area is 225 Å². The molecule has 7 nitrogen and oxygen atoms in total. The molecule has 2 fully saturated rings. The zero-order valence-corrected chi connectivity index (χ0v) is 25.9. The molecule has 3 rings (SSSR count). The maximum Gasteiger partial charge on any atom is 0.330 e. The molecule has 2 heterocycles. The summed E-state index contributed by atoms with van der Waals surface area (Å²) in [5.74, 6) is -0.678. The molecular weight excluding hydrogens is 500 g/mol. The van der Waals surface area contributed by atoms with Gasteiger partial charge in [-0.2, -0.15) is 0 Å². The molecule has 208 valence electrons. The molecule has 6 atom stereocenters. The fraction of sp³-hybridized carbons (Fsp3) is 0.714. The molecular formula is C28H48N2O5Si2. The number of esters is 1. The Balaban J connectivity index is 2.01. The number of piperidine rings is 1. The number of fused-ring (bicyclic) bond motifs is 1. The number of amides is 1. The van der Waals surface area contributed by atoms with Crippen LogP contribution in [0.25, 0.3) is 0 Å². The standard InChI is InChI=1S/C28H48N2O5Si2/c1-8-33-28(32)23(29-27(31)21-18-16-15-17-19-21)24-26(35-37(12-5,13-6)14-7)25(22-20-30(22)24)34-36(9-2,10-3)11-4/h15-19,22-26H,8-14,20H2,1-7H3,(H,29,31)/t22-,23?,24+,25+,26+,30?/m0/s1. The van der Waals surface area contributed by atoms with Crippen LogP contribution in [0.2, 0.25) is 36.3 Å². The number of rotatable bonds is 15. The smallest absolute Gasteiger partial charge is 0.330 e. The quantitative estimate of drug-likeness (QED) is 0.185. The highest BCUT2D eigenvalue weighted by Crippen LogP contribution is 2.45. The minimum Gasteiger partial charge on any atom is -0.464 e. The van der Waals surface area contributed by atoms with E-state index >= 15 is 0 Å². The number of nitrogens with one attached hydrogen (secondary N) is 1. The Morgan fingerprint density at radius 3 is 1.86 bits per heavy atom. The average molecular weight is 549 g/mol. The topological polar surface area (TPSA) is 76.9 Å². The molecule has 0 bridgehead atoms. The summed E-state index contributed by atoms with van der Waals surface area (Å²) in [5, 5.41) is 3.05. The molecule has 0 aliphatic carbocycles. The summed E-state index contributed by atoms with van der Waals surface area (Å²) in [6.45, 7) is 16.3. The Bertz CT molecular complexity index is 877. The fourth-order valence-corrected chi connectivity index (χ4v) is 11.7. The first-order valence-corrected chi connectivity index (χ1v) is 19.5. The van der Waals surface area contributed by atoms with Gasteiger partial charge in [0, 0.05) is 12.1 Å². The number of hydrogen-bond acceptors (Lipinski definition) is 6. The van der Waals surface area contributed by atoms with Crippen molar-refractivity contribution in [3.63, 3.8) is 0 Å². The first kappa shape index (κ1) is 30.0. The average Bonchev–Trinajstić information content (AvgIpc) is 3.67. The van der Waals surface area contributed by atoms with E-state index in [4.69, 9.17) is 13.6 Å². The molecule has 0 radical (unpaired) electrons. The van der Waals surface area contributed by atoms with Gasteiger partial charge in [0.1, 0.15) is 6.04 Å². The van der Waals surface area contributed by atoms with Crippen LogP contribution in [0, 0.1) is 0 Å². The van der Waals surface area contributed by atoms with Gasteiger partial charge in [0.2, 0.25) is 0 Å². The van der Waals surface area contributed by atoms with Gasteiger partial charge in [0.15, 0.2) is 16.6 Å². The predicted octanol–water partition coefficient (Wildman–Crippen LogP) is 5.20. The van der Waals surface area contributed by atoms with Crippen LogP contribution in [0.3, 0.4) is 0 Å². The third kappa shape index (κ3) is 6.38. The van der Waals surface area contributed by atoms with Gasteiger partial charge in [-0.15, -0.1) is 0 Å². The minimum atomic E-state index is -2.04. The third-order valence-corrected chi connectivity index (χ3v) is 18.2. The van der Waals surface area contributed by atoms with Gasteiger partial charge in [-0.25, -0.2) is 4.79 Å². The monoisotopic (exact) mass is 548 g/mol. The second-order valence-corrected chi connectivity index (χ2v) is 19.9. The van der Waals surface area contributed by atoms with Crippen molar-refractivity contribution in [3.05, 3.63) is 35.9 Å². The maximum atomic E-state index is 13.4. The molecule has 2 aliphatic heterocycles. The van der Waals surface area contributed by atoms with E-state index in [1.807, 2.05) is 18.2 Å². The van der Waals surface area contributed by atoms with Crippen LogP contribution in [0.1, 0.15) is 58.8 Å². The Morgan fingerprint density at radius 2 is 1.38 bits per heavy atom. The number of hydrogen-bond donors (Lipinski definition) is 1. The molecule has 2 unspecified atom stereocenters. The number of ether oxygens (including phenoxy) is 1. The molecule has 0 spiro atoms. The third-order valence-electron chi connectivity index (χ3n) is 8.96. The van der Waals surface area contributed by atoms with Crippen molar-refractivity contribution >= 4 is 28.5 Å². The van der Waals surface area contributed by atoms with Gasteiger partial charge in [-0.05, 0) is 55.3 Å². The zero-order chi connectivity index (χ0) is 27.2. The van der Waals surface area contributed by atoms with E-state index in [1.165, 1.54) is 0 Å². The lowest BCUT2D eigenvalue weighted by Crippen LogP contribution is -2.60. The first-order chi connectivity index (χ1) is 17.8. The second kappa shape index (κ2) is 13.0. The molecule has 1 aromatic carbocycles. The van der Waals surface area contributed by atoms with Crippen molar-refractivity contribution in [2.24, 2.45) is 0 Å². The number of carbonyl (C=O) groups excluding carboxylic acids is 2. The van der Waals surface area contributed by atoms with Crippen molar-refractivity contribution < 1.29 is 23.2 Å². The molecule has 9 heteroatoms. The van der Waals surface area contributed by atoms with Gasteiger partial charge in [0.05, 0.1) is 30.9 Å². The van der Waals surface area contributed by atoms with Gasteiger partial charge < -0.3 is 18.9 Å². The van der Waals surface area contributed by atoms with Gasteiger partial charge in [0.25, 0.3) is 5.91 Å². The van der Waals surface area contributed by atoms with E-state index in [0.717, 1.165) is 42.8 Å². The summed E-state index contributed by atoms with van der Waals surface area (Å²) in [7, 11) is -3.97. The number of nitrogens with zero attached hydrogens (tertiary/aromatic N) is 1. The minimum absolute atomic E-state index is 0.0846. The van der Waals surface area contributed by atoms with E-state index in [9.17, 15) is 9.59 Å². The van der Waals surface area contributed by atoms with Gasteiger partial charge in [-0.1, -0.05) is 59.7 Å². The lowest BCUT2D eigenvalue weighted by atomic mass is 9.99. The molecule has 1 amide bonds. The van der Waals surface area contributed by atoms with Crippen molar-refractivity contribution in [1.29, 1.82) is 0 Å². The van der Waals surface area contributed by atoms with Gasteiger partial charge >= 0.3 is 5.97 Å². The van der Waals surface area contributed by atoms with Crippen LogP contribution in [-0.2, 0) is 18.4 Å². The first-order valence-electron chi connectivity index (χ1n) is 14.4. The molecule has 0 aromatic heterocycles. The molecule has 2 aliphatic rings. The molecule has 1 aromatic rings. The molecule has 37 heavy (non-hydrogen) atoms. The maximum absolute atomic E-state index is 13.4. The number of carbonyl (C=O) groups is 2. The van der Waals surface area contributed by atoms with E-state index < -0.39 is 28.6 Å². The van der Waals surface area contributed by atoms with Gasteiger partial charge in [-0.3, -0.25) is 9.69 Å². The van der Waals surface area contributed by atoms with E-state index in [1.54, 1.807) is 19.1 Å². The predicted molar refractivity (Wildman–Crippen MR) is 153 cm³/mol. The van der Waals surface area contributed by atoms with E-state index in [2.05, 4.69) is 51.8 Å². The summed E-state index contributed by atoms with van der Waals surface area (Å²) in [5.41, 5.74) is 0.524. The Kier molecular flexibility index (Phi) is 10.6. The summed E-state index contributed by atoms with van der Waals surface area (Å²) < 4.78 is 19.8. The highest BCUT2D eigenvalue weighted by Gasteiger charge is 2.64. The summed E-state index contributed by atoms with van der Waals surface area (Å²) in [6, 6.07) is 14.4. The summed E-state index contributed by atoms with van der Waals surface area (Å²) >= 11 is 0. The van der Waals surface area contributed by atoms with E-state index in [0.29, 0.717) is 5.56 Å². The summed E-state index contributed by atoms with van der Waals surface area (Å²) in [4.78, 5) is 29.0. The van der Waals surface area contributed by atoms with Crippen molar-refractivity contribution in [1.82, 2.24) is 10.2 Å². The lowest BCUT2D eigenvalue weighted by molar-refractivity contribution is -0.147. The second-order valence-electron chi connectivity index (χ2n) is 10.5. The molecule has 1 N–H and O–H groups in total. The van der Waals surface area contributed by atoms with Crippen LogP contribution in [0.15, 0.2) is 30.3 Å². The highest BCUT2D eigenvalue weighted by atomic mass is 28.4. The van der Waals surface area contributed by atoms with Crippen LogP contribution < -0.4 is 5.32 Å². The SMILES string of the molecule is CCOC(=O)C(NC(=O)c1ccccc1)[C@@H]1[C@@H](O[Si](CC)(CC)CC)[C@H](O[Si](CC)(CC)CC)[C@@H]2CN12. The van der Waals surface area contributed by atoms with E-state index in [-0.39, 0.29) is 36.8 Å². The zero-order valence-electron chi connectivity index (χ0n) is 23.9. The molecule has 0 saturated carbocycles. The van der Waals surface area contributed by atoms with Crippen molar-refractivity contribution in [2.45, 2.75) is 115 Å². The van der Waals surface area contributed by atoms with Crippen LogP contribution in [0.5, 0.6) is 0 Å². The van der Waals surface area contributed by atoms with Crippen molar-refractivity contribution in [2.75, 3.05) is 13.2 Å². The fourth-order valence-electron chi connectivity index (χ4n) is 5.98. The highest BCUT2D eigenvalue weighted by molar-refractivity contribution is 6.74. The largest absolute Gasteiger partial charge is 0.464 e. The lowest BCUT2D eigenvalue weighted by Gasteiger charge is -2.42. The van der Waals surface area contributed by atoms with Crippen LogP contribution in [0.4, 0.5) is 0 Å².